The summed E-state index contributed by atoms with van der Waals surface area (Å²) in [6, 6.07) is 0. The summed E-state index contributed by atoms with van der Waals surface area (Å²) in [7, 11) is 0. The number of hydrogen-bond donors (Lipinski definition) is 0. The van der Waals surface area contributed by atoms with Crippen molar-refractivity contribution in [3.63, 3.8) is 0 Å². The molecule has 0 fully saturated rings. The summed E-state index contributed by atoms with van der Waals surface area (Å²) in [6.45, 7) is 13.9. The third-order valence-electron chi connectivity index (χ3n) is 3.92. The molecule has 0 aromatic rings. The third kappa shape index (κ3) is 3.23. The molecule has 1 aliphatic carbocycles. The Morgan fingerprint density at radius 3 is 2.44 bits per heavy atom. The molecule has 1 unspecified atom stereocenters. The van der Waals surface area contributed by atoms with E-state index in [4.69, 9.17) is 0 Å². The van der Waals surface area contributed by atoms with Crippen LogP contribution >= 0.6 is 0 Å². The summed E-state index contributed by atoms with van der Waals surface area (Å²) in [5, 5.41) is 0. The van der Waals surface area contributed by atoms with Gasteiger partial charge in [-0.25, -0.2) is 0 Å². The Bertz CT molecular complexity index is 298. The molecule has 0 bridgehead atoms. The first-order chi connectivity index (χ1) is 7.28. The molecule has 0 saturated carbocycles. The van der Waals surface area contributed by atoms with Gasteiger partial charge in [-0.1, -0.05) is 52.3 Å². The SMILES string of the molecule is CCC1(C)CCCC(C)=C1/C=C/C(C)(C)C. The molecular weight excluding hydrogens is 192 g/mol. The first kappa shape index (κ1) is 13.5. The summed E-state index contributed by atoms with van der Waals surface area (Å²) in [5.41, 5.74) is 3.93. The second kappa shape index (κ2) is 4.77. The monoisotopic (exact) mass is 220 g/mol. The fraction of sp³-hybridized carbons (Fsp3) is 0.750. The Kier molecular flexibility index (Phi) is 4.04. The molecule has 1 aliphatic rings. The van der Waals surface area contributed by atoms with Gasteiger partial charge >= 0.3 is 0 Å². The van der Waals surface area contributed by atoms with Crippen molar-refractivity contribution in [1.29, 1.82) is 0 Å². The lowest BCUT2D eigenvalue weighted by Crippen LogP contribution is -2.22. The van der Waals surface area contributed by atoms with Crippen molar-refractivity contribution in [1.82, 2.24) is 0 Å². The molecule has 0 spiro atoms. The lowest BCUT2D eigenvalue weighted by Gasteiger charge is -2.36. The third-order valence-corrected chi connectivity index (χ3v) is 3.92. The van der Waals surface area contributed by atoms with E-state index >= 15 is 0 Å². The molecule has 1 rings (SSSR count). The van der Waals surface area contributed by atoms with Crippen LogP contribution in [0, 0.1) is 10.8 Å². The van der Waals surface area contributed by atoms with Crippen molar-refractivity contribution in [2.24, 2.45) is 10.8 Å². The molecule has 0 radical (unpaired) electrons. The maximum atomic E-state index is 2.43. The molecule has 0 aromatic carbocycles. The van der Waals surface area contributed by atoms with E-state index in [2.05, 4.69) is 53.7 Å². The van der Waals surface area contributed by atoms with E-state index < -0.39 is 0 Å². The minimum absolute atomic E-state index is 0.291. The number of rotatable bonds is 2. The van der Waals surface area contributed by atoms with Gasteiger partial charge in [-0.15, -0.1) is 0 Å². The average molecular weight is 220 g/mol. The zero-order valence-corrected chi connectivity index (χ0v) is 12.0. The fourth-order valence-electron chi connectivity index (χ4n) is 2.57. The Labute approximate surface area is 102 Å². The van der Waals surface area contributed by atoms with Crippen LogP contribution in [0.5, 0.6) is 0 Å². The van der Waals surface area contributed by atoms with E-state index in [1.807, 2.05) is 0 Å². The van der Waals surface area contributed by atoms with Crippen LogP contribution in [0.4, 0.5) is 0 Å². The molecule has 0 aliphatic heterocycles. The maximum absolute atomic E-state index is 2.43. The van der Waals surface area contributed by atoms with Gasteiger partial charge in [-0.2, -0.15) is 0 Å². The normalized spacial score (nSPS) is 27.9. The van der Waals surface area contributed by atoms with Gasteiger partial charge in [-0.05, 0) is 49.0 Å². The first-order valence-electron chi connectivity index (χ1n) is 6.68. The summed E-state index contributed by atoms with van der Waals surface area (Å²) in [5.74, 6) is 0. The molecular formula is C16H28. The van der Waals surface area contributed by atoms with Crippen LogP contribution in [0.2, 0.25) is 0 Å². The Morgan fingerprint density at radius 1 is 1.31 bits per heavy atom. The summed E-state index contributed by atoms with van der Waals surface area (Å²) >= 11 is 0. The highest BCUT2D eigenvalue weighted by Crippen LogP contribution is 2.44. The lowest BCUT2D eigenvalue weighted by molar-refractivity contribution is 0.326. The minimum Gasteiger partial charge on any atom is -0.0788 e. The van der Waals surface area contributed by atoms with Gasteiger partial charge in [0.2, 0.25) is 0 Å². The van der Waals surface area contributed by atoms with E-state index in [-0.39, 0.29) is 0 Å². The van der Waals surface area contributed by atoms with Gasteiger partial charge in [0.25, 0.3) is 0 Å². The van der Waals surface area contributed by atoms with Gasteiger partial charge in [0.1, 0.15) is 0 Å². The van der Waals surface area contributed by atoms with Crippen molar-refractivity contribution in [3.05, 3.63) is 23.3 Å². The molecule has 0 saturated heterocycles. The van der Waals surface area contributed by atoms with Crippen LogP contribution in [0.15, 0.2) is 23.3 Å². The van der Waals surface area contributed by atoms with Gasteiger partial charge in [0.05, 0.1) is 0 Å². The quantitative estimate of drug-likeness (QED) is 0.576. The van der Waals surface area contributed by atoms with Crippen LogP contribution in [-0.2, 0) is 0 Å². The predicted molar refractivity (Wildman–Crippen MR) is 73.5 cm³/mol. The first-order valence-corrected chi connectivity index (χ1v) is 6.68. The number of hydrogen-bond acceptors (Lipinski definition) is 0. The summed E-state index contributed by atoms with van der Waals surface area (Å²) < 4.78 is 0. The average Bonchev–Trinajstić information content (AvgIpc) is 2.15. The van der Waals surface area contributed by atoms with Gasteiger partial charge in [0, 0.05) is 0 Å². The van der Waals surface area contributed by atoms with Crippen molar-refractivity contribution in [2.75, 3.05) is 0 Å². The predicted octanol–water partition coefficient (Wildman–Crippen LogP) is 5.51. The maximum Gasteiger partial charge on any atom is -0.00784 e. The molecule has 0 heterocycles. The molecule has 0 heteroatoms. The summed E-state index contributed by atoms with van der Waals surface area (Å²) in [6.07, 6.45) is 10.0. The van der Waals surface area contributed by atoms with Crippen molar-refractivity contribution < 1.29 is 0 Å². The van der Waals surface area contributed by atoms with E-state index in [9.17, 15) is 0 Å². The molecule has 0 amide bonds. The van der Waals surface area contributed by atoms with E-state index in [1.54, 1.807) is 11.1 Å². The molecule has 0 N–H and O–H groups in total. The van der Waals surface area contributed by atoms with E-state index in [1.165, 1.54) is 25.7 Å². The fourth-order valence-corrected chi connectivity index (χ4v) is 2.57. The standard InChI is InChI=1S/C16H28/c1-7-16(6)11-8-9-13(2)14(16)10-12-15(3,4)5/h10,12H,7-9,11H2,1-6H3/b12-10+. The largest absolute Gasteiger partial charge is 0.0788 e. The van der Waals surface area contributed by atoms with Crippen LogP contribution in [0.3, 0.4) is 0 Å². The highest BCUT2D eigenvalue weighted by Gasteiger charge is 2.29. The zero-order chi connectivity index (χ0) is 12.4. The Balaban J connectivity index is 3.01. The second-order valence-corrected chi connectivity index (χ2v) is 6.66. The smallest absolute Gasteiger partial charge is 0.00784 e. The van der Waals surface area contributed by atoms with Crippen molar-refractivity contribution in [2.45, 2.75) is 67.2 Å². The number of allylic oxidation sites excluding steroid dienone is 4. The summed E-state index contributed by atoms with van der Waals surface area (Å²) in [4.78, 5) is 0. The molecule has 16 heavy (non-hydrogen) atoms. The van der Waals surface area contributed by atoms with Crippen molar-refractivity contribution >= 4 is 0 Å². The van der Waals surface area contributed by atoms with Crippen LogP contribution < -0.4 is 0 Å². The van der Waals surface area contributed by atoms with Crippen molar-refractivity contribution in [3.8, 4) is 0 Å². The minimum atomic E-state index is 0.291. The Hall–Kier alpha value is -0.520. The molecule has 0 nitrogen and oxygen atoms in total. The molecule has 1 atom stereocenters. The van der Waals surface area contributed by atoms with Gasteiger partial charge < -0.3 is 0 Å². The molecule has 92 valence electrons. The molecule has 0 aromatic heterocycles. The topological polar surface area (TPSA) is 0 Å². The Morgan fingerprint density at radius 2 is 1.94 bits per heavy atom. The van der Waals surface area contributed by atoms with E-state index in [0.29, 0.717) is 10.8 Å². The van der Waals surface area contributed by atoms with Gasteiger partial charge in [0.15, 0.2) is 0 Å². The highest BCUT2D eigenvalue weighted by atomic mass is 14.3. The van der Waals surface area contributed by atoms with Gasteiger partial charge in [-0.3, -0.25) is 0 Å². The highest BCUT2D eigenvalue weighted by molar-refractivity contribution is 5.33. The van der Waals surface area contributed by atoms with Crippen LogP contribution in [-0.4, -0.2) is 0 Å². The zero-order valence-electron chi connectivity index (χ0n) is 12.0. The second-order valence-electron chi connectivity index (χ2n) is 6.66. The van der Waals surface area contributed by atoms with E-state index in [0.717, 1.165) is 0 Å². The van der Waals surface area contributed by atoms with Crippen LogP contribution in [0.1, 0.15) is 67.2 Å². The van der Waals surface area contributed by atoms with Crippen LogP contribution in [0.25, 0.3) is 0 Å². The lowest BCUT2D eigenvalue weighted by atomic mass is 9.69.